The predicted octanol–water partition coefficient (Wildman–Crippen LogP) is 5.04. The van der Waals surface area contributed by atoms with Crippen LogP contribution in [0.25, 0.3) is 0 Å². The number of amides is 1. The third-order valence-electron chi connectivity index (χ3n) is 4.18. The molecule has 0 fully saturated rings. The molecule has 0 bridgehead atoms. The first-order valence-electron chi connectivity index (χ1n) is 8.85. The minimum absolute atomic E-state index is 0.0582. The third kappa shape index (κ3) is 4.49. The number of anilines is 3. The number of nitrogens with one attached hydrogen (secondary N) is 1. The number of nitrogens with zero attached hydrogens (tertiary/aromatic N) is 2. The fraction of sp³-hybridized carbons (Fsp3) is 0.238. The summed E-state index contributed by atoms with van der Waals surface area (Å²) in [6, 6.07) is 18.1. The van der Waals surface area contributed by atoms with E-state index in [-0.39, 0.29) is 5.91 Å². The van der Waals surface area contributed by atoms with Crippen LogP contribution in [0.15, 0.2) is 60.0 Å². The highest BCUT2D eigenvalue weighted by atomic mass is 32.1. The molecule has 0 spiro atoms. The van der Waals surface area contributed by atoms with Crippen LogP contribution in [0.3, 0.4) is 0 Å². The van der Waals surface area contributed by atoms with Crippen LogP contribution < -0.4 is 10.2 Å². The highest BCUT2D eigenvalue weighted by Gasteiger charge is 2.16. The van der Waals surface area contributed by atoms with Crippen LogP contribution in [0.1, 0.15) is 25.1 Å². The second-order valence-corrected chi connectivity index (χ2v) is 6.83. The van der Waals surface area contributed by atoms with Gasteiger partial charge in [-0.1, -0.05) is 37.3 Å². The lowest BCUT2D eigenvalue weighted by Crippen LogP contribution is -2.32. The summed E-state index contributed by atoms with van der Waals surface area (Å²) in [6.45, 7) is 4.77. The van der Waals surface area contributed by atoms with E-state index in [2.05, 4.69) is 41.5 Å². The Morgan fingerprint density at radius 3 is 2.46 bits per heavy atom. The molecule has 0 aliphatic rings. The van der Waals surface area contributed by atoms with E-state index in [1.54, 1.807) is 4.90 Å². The Bertz CT molecular complexity index is 843. The molecule has 3 rings (SSSR count). The zero-order valence-electron chi connectivity index (χ0n) is 15.1. The van der Waals surface area contributed by atoms with Gasteiger partial charge in [0.25, 0.3) is 0 Å². The lowest BCUT2D eigenvalue weighted by Gasteiger charge is -2.20. The first-order valence-corrected chi connectivity index (χ1v) is 9.73. The largest absolute Gasteiger partial charge is 0.332 e. The Morgan fingerprint density at radius 1 is 1.08 bits per heavy atom. The number of para-hydroxylation sites is 1. The fourth-order valence-electron chi connectivity index (χ4n) is 2.75. The van der Waals surface area contributed by atoms with E-state index in [1.807, 2.05) is 42.6 Å². The molecule has 0 unspecified atom stereocenters. The highest BCUT2D eigenvalue weighted by molar-refractivity contribution is 7.13. The summed E-state index contributed by atoms with van der Waals surface area (Å²) >= 11 is 1.52. The van der Waals surface area contributed by atoms with Gasteiger partial charge in [-0.25, -0.2) is 4.98 Å². The number of aryl methyl sites for hydroxylation is 1. The quantitative estimate of drug-likeness (QED) is 0.638. The molecule has 1 heterocycles. The average Bonchev–Trinajstić information content (AvgIpc) is 3.10. The van der Waals surface area contributed by atoms with Crippen LogP contribution in [0.2, 0.25) is 0 Å². The van der Waals surface area contributed by atoms with Gasteiger partial charge in [-0.05, 0) is 43.2 Å². The second-order valence-electron chi connectivity index (χ2n) is 5.97. The molecule has 26 heavy (non-hydrogen) atoms. The van der Waals surface area contributed by atoms with Crippen molar-refractivity contribution in [3.05, 3.63) is 71.2 Å². The van der Waals surface area contributed by atoms with Gasteiger partial charge in [-0.3, -0.25) is 4.79 Å². The van der Waals surface area contributed by atoms with Crippen molar-refractivity contribution in [2.45, 2.75) is 26.7 Å². The molecule has 4 nitrogen and oxygen atoms in total. The SMILES string of the molecule is CCc1ccc(Nc2nc(CC(=O)N(CC)c3ccccc3)cs2)cc1. The van der Waals surface area contributed by atoms with Crippen LogP contribution in [0, 0.1) is 0 Å². The number of rotatable bonds is 7. The van der Waals surface area contributed by atoms with E-state index in [4.69, 9.17) is 0 Å². The molecular weight excluding hydrogens is 342 g/mol. The summed E-state index contributed by atoms with van der Waals surface area (Å²) in [7, 11) is 0. The summed E-state index contributed by atoms with van der Waals surface area (Å²) in [4.78, 5) is 19.0. The Labute approximate surface area is 158 Å². The molecule has 1 N–H and O–H groups in total. The molecule has 0 aliphatic heterocycles. The third-order valence-corrected chi connectivity index (χ3v) is 4.99. The molecule has 134 valence electrons. The highest BCUT2D eigenvalue weighted by Crippen LogP contribution is 2.22. The van der Waals surface area contributed by atoms with E-state index in [1.165, 1.54) is 16.9 Å². The van der Waals surface area contributed by atoms with Crippen molar-refractivity contribution in [2.75, 3.05) is 16.8 Å². The van der Waals surface area contributed by atoms with Gasteiger partial charge < -0.3 is 10.2 Å². The number of thiazole rings is 1. The second kappa shape index (κ2) is 8.63. The van der Waals surface area contributed by atoms with Crippen molar-refractivity contribution in [2.24, 2.45) is 0 Å². The minimum atomic E-state index is 0.0582. The normalized spacial score (nSPS) is 10.5. The maximum atomic E-state index is 12.7. The van der Waals surface area contributed by atoms with E-state index in [0.29, 0.717) is 13.0 Å². The number of hydrogen-bond donors (Lipinski definition) is 1. The van der Waals surface area contributed by atoms with E-state index in [0.717, 1.165) is 28.6 Å². The molecule has 2 aromatic carbocycles. The summed E-state index contributed by atoms with van der Waals surface area (Å²) in [5.74, 6) is 0.0582. The minimum Gasteiger partial charge on any atom is -0.332 e. The molecule has 0 atom stereocenters. The maximum Gasteiger partial charge on any atom is 0.233 e. The molecule has 5 heteroatoms. The zero-order valence-corrected chi connectivity index (χ0v) is 15.9. The molecule has 0 saturated carbocycles. The molecule has 3 aromatic rings. The van der Waals surface area contributed by atoms with Gasteiger partial charge in [0.15, 0.2) is 5.13 Å². The Balaban J connectivity index is 1.64. The van der Waals surface area contributed by atoms with Crippen LogP contribution in [-0.4, -0.2) is 17.4 Å². The lowest BCUT2D eigenvalue weighted by atomic mass is 10.1. The number of aromatic nitrogens is 1. The number of hydrogen-bond acceptors (Lipinski definition) is 4. The monoisotopic (exact) mass is 365 g/mol. The molecule has 0 aliphatic carbocycles. The number of benzene rings is 2. The summed E-state index contributed by atoms with van der Waals surface area (Å²) in [5, 5.41) is 6.06. The maximum absolute atomic E-state index is 12.7. The summed E-state index contributed by atoms with van der Waals surface area (Å²) in [5.41, 5.74) is 4.03. The van der Waals surface area contributed by atoms with Gasteiger partial charge in [0.2, 0.25) is 5.91 Å². The van der Waals surface area contributed by atoms with Crippen molar-refractivity contribution < 1.29 is 4.79 Å². The van der Waals surface area contributed by atoms with Crippen LogP contribution in [0.4, 0.5) is 16.5 Å². The smallest absolute Gasteiger partial charge is 0.233 e. The summed E-state index contributed by atoms with van der Waals surface area (Å²) in [6.07, 6.45) is 1.33. The van der Waals surface area contributed by atoms with Gasteiger partial charge in [-0.2, -0.15) is 0 Å². The average molecular weight is 366 g/mol. The molecule has 0 saturated heterocycles. The number of carbonyl (C=O) groups excluding carboxylic acids is 1. The Morgan fingerprint density at radius 2 is 1.81 bits per heavy atom. The summed E-state index contributed by atoms with van der Waals surface area (Å²) < 4.78 is 0. The zero-order chi connectivity index (χ0) is 18.4. The van der Waals surface area contributed by atoms with E-state index < -0.39 is 0 Å². The molecule has 1 amide bonds. The van der Waals surface area contributed by atoms with Gasteiger partial charge in [0, 0.05) is 23.3 Å². The van der Waals surface area contributed by atoms with Crippen LogP contribution in [-0.2, 0) is 17.6 Å². The van der Waals surface area contributed by atoms with Crippen molar-refractivity contribution >= 4 is 33.8 Å². The first-order chi connectivity index (χ1) is 12.7. The van der Waals surface area contributed by atoms with Crippen molar-refractivity contribution in [3.8, 4) is 0 Å². The van der Waals surface area contributed by atoms with Gasteiger partial charge in [0.05, 0.1) is 12.1 Å². The van der Waals surface area contributed by atoms with E-state index in [9.17, 15) is 4.79 Å². The van der Waals surface area contributed by atoms with Crippen LogP contribution in [0.5, 0.6) is 0 Å². The Hall–Kier alpha value is -2.66. The predicted molar refractivity (Wildman–Crippen MR) is 109 cm³/mol. The fourth-order valence-corrected chi connectivity index (χ4v) is 3.48. The van der Waals surface area contributed by atoms with Crippen molar-refractivity contribution in [3.63, 3.8) is 0 Å². The molecule has 0 radical (unpaired) electrons. The van der Waals surface area contributed by atoms with Crippen molar-refractivity contribution in [1.29, 1.82) is 0 Å². The Kier molecular flexibility index (Phi) is 6.02. The molecule has 1 aromatic heterocycles. The standard InChI is InChI=1S/C21H23N3OS/c1-3-16-10-12-17(13-11-16)22-21-23-18(15-26-21)14-20(25)24(4-2)19-8-6-5-7-9-19/h5-13,15H,3-4,14H2,1-2H3,(H,22,23). The molecular formula is C21H23N3OS. The van der Waals surface area contributed by atoms with Gasteiger partial charge in [-0.15, -0.1) is 11.3 Å². The lowest BCUT2D eigenvalue weighted by molar-refractivity contribution is -0.118. The number of carbonyl (C=O) groups is 1. The van der Waals surface area contributed by atoms with Gasteiger partial charge >= 0.3 is 0 Å². The van der Waals surface area contributed by atoms with Gasteiger partial charge in [0.1, 0.15) is 0 Å². The topological polar surface area (TPSA) is 45.2 Å². The van der Waals surface area contributed by atoms with E-state index >= 15 is 0 Å². The first kappa shape index (κ1) is 18.1. The van der Waals surface area contributed by atoms with Crippen LogP contribution >= 0.6 is 11.3 Å². The van der Waals surface area contributed by atoms with Crippen molar-refractivity contribution in [1.82, 2.24) is 4.98 Å². The number of likely N-dealkylation sites (N-methyl/N-ethyl adjacent to an activating group) is 1.